The van der Waals surface area contributed by atoms with Crippen LogP contribution < -0.4 is 5.32 Å². The lowest BCUT2D eigenvalue weighted by molar-refractivity contribution is -0.107. The molecule has 0 unspecified atom stereocenters. The molecule has 0 saturated carbocycles. The van der Waals surface area contributed by atoms with Crippen molar-refractivity contribution in [2.75, 3.05) is 12.4 Å². The molecular formula is C9H11NO. The van der Waals surface area contributed by atoms with Crippen LogP contribution in [0.3, 0.4) is 0 Å². The van der Waals surface area contributed by atoms with Gasteiger partial charge in [-0.1, -0.05) is 12.1 Å². The van der Waals surface area contributed by atoms with Crippen molar-refractivity contribution < 1.29 is 4.79 Å². The van der Waals surface area contributed by atoms with E-state index in [2.05, 4.69) is 5.32 Å². The van der Waals surface area contributed by atoms with E-state index >= 15 is 0 Å². The van der Waals surface area contributed by atoms with E-state index in [1.165, 1.54) is 0 Å². The monoisotopic (exact) mass is 149 g/mol. The predicted molar refractivity (Wildman–Crippen MR) is 45.8 cm³/mol. The van der Waals surface area contributed by atoms with E-state index in [1.54, 1.807) is 0 Å². The normalized spacial score (nSPS) is 9.18. The molecule has 0 saturated heterocycles. The molecule has 2 heteroatoms. The minimum absolute atomic E-state index is 0.496. The van der Waals surface area contributed by atoms with Gasteiger partial charge in [-0.2, -0.15) is 0 Å². The molecule has 1 rings (SSSR count). The van der Waals surface area contributed by atoms with Crippen molar-refractivity contribution in [3.8, 4) is 0 Å². The van der Waals surface area contributed by atoms with Crippen LogP contribution in [0.4, 0.5) is 5.69 Å². The number of hydrogen-bond acceptors (Lipinski definition) is 2. The van der Waals surface area contributed by atoms with Crippen LogP contribution in [0.1, 0.15) is 5.56 Å². The second-order valence-corrected chi connectivity index (χ2v) is 2.32. The molecule has 1 aromatic rings. The van der Waals surface area contributed by atoms with E-state index in [0.717, 1.165) is 17.5 Å². The van der Waals surface area contributed by atoms with Gasteiger partial charge in [-0.05, 0) is 17.7 Å². The molecule has 0 aliphatic rings. The van der Waals surface area contributed by atoms with Crippen LogP contribution in [0.5, 0.6) is 0 Å². The third-order valence-corrected chi connectivity index (χ3v) is 1.53. The maximum atomic E-state index is 10.2. The summed E-state index contributed by atoms with van der Waals surface area (Å²) in [5.41, 5.74) is 2.09. The van der Waals surface area contributed by atoms with E-state index in [-0.39, 0.29) is 0 Å². The number of carbonyl (C=O) groups is 1. The van der Waals surface area contributed by atoms with Crippen molar-refractivity contribution in [2.45, 2.75) is 6.42 Å². The Labute approximate surface area is 66.2 Å². The first-order valence-electron chi connectivity index (χ1n) is 3.57. The van der Waals surface area contributed by atoms with Crippen LogP contribution in [-0.2, 0) is 11.2 Å². The van der Waals surface area contributed by atoms with Crippen molar-refractivity contribution >= 4 is 12.0 Å². The number of nitrogens with one attached hydrogen (secondary N) is 1. The molecule has 1 N–H and O–H groups in total. The molecule has 0 heterocycles. The summed E-state index contributed by atoms with van der Waals surface area (Å²) in [4.78, 5) is 10.2. The summed E-state index contributed by atoms with van der Waals surface area (Å²) >= 11 is 0. The Morgan fingerprint density at radius 2 is 2.36 bits per heavy atom. The zero-order valence-corrected chi connectivity index (χ0v) is 6.50. The van der Waals surface area contributed by atoms with Crippen LogP contribution in [0.15, 0.2) is 24.3 Å². The van der Waals surface area contributed by atoms with Gasteiger partial charge in [-0.25, -0.2) is 0 Å². The molecule has 0 spiro atoms. The first-order valence-corrected chi connectivity index (χ1v) is 3.57. The number of aldehydes is 1. The van der Waals surface area contributed by atoms with Crippen LogP contribution in [0, 0.1) is 0 Å². The Kier molecular flexibility index (Phi) is 2.66. The van der Waals surface area contributed by atoms with Gasteiger partial charge in [-0.3, -0.25) is 0 Å². The van der Waals surface area contributed by atoms with E-state index in [0.29, 0.717) is 6.42 Å². The fourth-order valence-electron chi connectivity index (χ4n) is 0.950. The molecule has 0 aromatic heterocycles. The molecule has 0 fully saturated rings. The largest absolute Gasteiger partial charge is 0.388 e. The van der Waals surface area contributed by atoms with Gasteiger partial charge in [0.05, 0.1) is 0 Å². The van der Waals surface area contributed by atoms with Gasteiger partial charge in [0.25, 0.3) is 0 Å². The van der Waals surface area contributed by atoms with Crippen LogP contribution in [0.25, 0.3) is 0 Å². The Hall–Kier alpha value is -1.31. The minimum atomic E-state index is 0.496. The van der Waals surface area contributed by atoms with Gasteiger partial charge in [0, 0.05) is 19.2 Å². The SMILES string of the molecule is CNc1cccc(CC=O)c1. The van der Waals surface area contributed by atoms with Gasteiger partial charge in [-0.15, -0.1) is 0 Å². The molecule has 0 atom stereocenters. The van der Waals surface area contributed by atoms with E-state index in [9.17, 15) is 4.79 Å². The first kappa shape index (κ1) is 7.79. The van der Waals surface area contributed by atoms with Gasteiger partial charge in [0.1, 0.15) is 6.29 Å². The van der Waals surface area contributed by atoms with Crippen molar-refractivity contribution in [3.05, 3.63) is 29.8 Å². The van der Waals surface area contributed by atoms with Gasteiger partial charge in [0.15, 0.2) is 0 Å². The Morgan fingerprint density at radius 3 is 3.00 bits per heavy atom. The number of hydrogen-bond donors (Lipinski definition) is 1. The quantitative estimate of drug-likeness (QED) is 0.659. The zero-order chi connectivity index (χ0) is 8.10. The van der Waals surface area contributed by atoms with E-state index in [4.69, 9.17) is 0 Å². The Bertz CT molecular complexity index is 245. The van der Waals surface area contributed by atoms with Crippen molar-refractivity contribution in [1.82, 2.24) is 0 Å². The highest BCUT2D eigenvalue weighted by Gasteiger charge is 1.91. The van der Waals surface area contributed by atoms with Crippen LogP contribution in [-0.4, -0.2) is 13.3 Å². The van der Waals surface area contributed by atoms with Crippen LogP contribution in [0.2, 0.25) is 0 Å². The van der Waals surface area contributed by atoms with Gasteiger partial charge >= 0.3 is 0 Å². The molecule has 0 radical (unpaired) electrons. The molecule has 58 valence electrons. The number of benzene rings is 1. The number of rotatable bonds is 3. The topological polar surface area (TPSA) is 29.1 Å². The maximum Gasteiger partial charge on any atom is 0.124 e. The smallest absolute Gasteiger partial charge is 0.124 e. The summed E-state index contributed by atoms with van der Waals surface area (Å²) in [5.74, 6) is 0. The Morgan fingerprint density at radius 1 is 1.55 bits per heavy atom. The fraction of sp³-hybridized carbons (Fsp3) is 0.222. The molecule has 0 aliphatic heterocycles. The van der Waals surface area contributed by atoms with Crippen molar-refractivity contribution in [2.24, 2.45) is 0 Å². The fourth-order valence-corrected chi connectivity index (χ4v) is 0.950. The molecular weight excluding hydrogens is 138 g/mol. The number of anilines is 1. The number of carbonyl (C=O) groups excluding carboxylic acids is 1. The molecule has 1 aromatic carbocycles. The summed E-state index contributed by atoms with van der Waals surface area (Å²) in [5, 5.41) is 3.01. The van der Waals surface area contributed by atoms with E-state index in [1.807, 2.05) is 31.3 Å². The second-order valence-electron chi connectivity index (χ2n) is 2.32. The lowest BCUT2D eigenvalue weighted by atomic mass is 10.1. The van der Waals surface area contributed by atoms with Crippen LogP contribution >= 0.6 is 0 Å². The molecule has 0 aliphatic carbocycles. The van der Waals surface area contributed by atoms with E-state index < -0.39 is 0 Å². The standard InChI is InChI=1S/C9H11NO/c1-10-9-4-2-3-8(7-9)5-6-11/h2-4,6-7,10H,5H2,1H3. The summed E-state index contributed by atoms with van der Waals surface area (Å²) in [7, 11) is 1.86. The molecule has 11 heavy (non-hydrogen) atoms. The van der Waals surface area contributed by atoms with Crippen molar-refractivity contribution in [1.29, 1.82) is 0 Å². The summed E-state index contributed by atoms with van der Waals surface area (Å²) < 4.78 is 0. The predicted octanol–water partition coefficient (Wildman–Crippen LogP) is 1.47. The lowest BCUT2D eigenvalue weighted by Crippen LogP contribution is -1.90. The Balaban J connectivity index is 2.82. The van der Waals surface area contributed by atoms with Crippen molar-refractivity contribution in [3.63, 3.8) is 0 Å². The average Bonchev–Trinajstić information content (AvgIpc) is 2.06. The summed E-state index contributed by atoms with van der Waals surface area (Å²) in [6.45, 7) is 0. The highest BCUT2D eigenvalue weighted by molar-refractivity contribution is 5.57. The zero-order valence-electron chi connectivity index (χ0n) is 6.50. The highest BCUT2D eigenvalue weighted by atomic mass is 16.1. The summed E-state index contributed by atoms with van der Waals surface area (Å²) in [6.07, 6.45) is 1.41. The lowest BCUT2D eigenvalue weighted by Gasteiger charge is -2.00. The molecule has 0 amide bonds. The van der Waals surface area contributed by atoms with Gasteiger partial charge < -0.3 is 10.1 Å². The highest BCUT2D eigenvalue weighted by Crippen LogP contribution is 2.08. The van der Waals surface area contributed by atoms with Gasteiger partial charge in [0.2, 0.25) is 0 Å². The summed E-state index contributed by atoms with van der Waals surface area (Å²) in [6, 6.07) is 7.81. The molecule has 0 bridgehead atoms. The maximum absolute atomic E-state index is 10.2. The molecule has 2 nitrogen and oxygen atoms in total. The third kappa shape index (κ3) is 2.08. The first-order chi connectivity index (χ1) is 5.36. The third-order valence-electron chi connectivity index (χ3n) is 1.53. The minimum Gasteiger partial charge on any atom is -0.388 e. The second kappa shape index (κ2) is 3.76. The average molecular weight is 149 g/mol.